The molecule has 340 valence electrons. The second-order valence-corrected chi connectivity index (χ2v) is 19.9. The number of benzene rings is 6. The number of rotatable bonds is 21. The molecule has 6 aromatic rings. The fourth-order valence-electron chi connectivity index (χ4n) is 8.43. The second kappa shape index (κ2) is 19.1. The topological polar surface area (TPSA) is 82.2 Å². The van der Waals surface area contributed by atoms with Crippen LogP contribution >= 0.6 is 0 Å². The molecular weight excluding hydrogens is 809 g/mol. The zero-order valence-corrected chi connectivity index (χ0v) is 39.4. The van der Waals surface area contributed by atoms with Crippen LogP contribution in [0.15, 0.2) is 146 Å². The summed E-state index contributed by atoms with van der Waals surface area (Å²) >= 11 is 0. The van der Waals surface area contributed by atoms with Gasteiger partial charge in [-0.25, -0.2) is 0 Å². The van der Waals surface area contributed by atoms with E-state index in [0.717, 1.165) is 36.2 Å². The molecular formula is C58H66O7. The van der Waals surface area contributed by atoms with E-state index in [1.165, 1.54) is 44.5 Å². The van der Waals surface area contributed by atoms with E-state index in [-0.39, 0.29) is 40.5 Å². The van der Waals surface area contributed by atoms with Crippen molar-refractivity contribution in [2.75, 3.05) is 39.6 Å². The van der Waals surface area contributed by atoms with Crippen molar-refractivity contribution in [3.63, 3.8) is 0 Å². The van der Waals surface area contributed by atoms with Gasteiger partial charge in [-0.15, -0.1) is 0 Å². The Morgan fingerprint density at radius 3 is 1.03 bits per heavy atom. The molecule has 2 aliphatic heterocycles. The van der Waals surface area contributed by atoms with Gasteiger partial charge in [0, 0.05) is 28.1 Å². The van der Waals surface area contributed by atoms with Crippen LogP contribution in [0, 0.1) is 0 Å². The summed E-state index contributed by atoms with van der Waals surface area (Å²) in [5.41, 5.74) is 8.99. The van der Waals surface area contributed by atoms with E-state index in [1.807, 2.05) is 24.3 Å². The van der Waals surface area contributed by atoms with Gasteiger partial charge >= 0.3 is 0 Å². The van der Waals surface area contributed by atoms with Crippen molar-refractivity contribution >= 4 is 0 Å². The van der Waals surface area contributed by atoms with E-state index in [0.29, 0.717) is 26.2 Å². The predicted octanol–water partition coefficient (Wildman–Crippen LogP) is 11.8. The molecule has 0 radical (unpaired) electrons. The molecule has 0 spiro atoms. The molecule has 0 saturated carbocycles. The van der Waals surface area contributed by atoms with Crippen molar-refractivity contribution in [1.82, 2.24) is 0 Å². The van der Waals surface area contributed by atoms with E-state index in [9.17, 15) is 5.11 Å². The third-order valence-corrected chi connectivity index (χ3v) is 13.8. The summed E-state index contributed by atoms with van der Waals surface area (Å²) in [6.45, 7) is 21.5. The average Bonchev–Trinajstić information content (AvgIpc) is 4.27. The van der Waals surface area contributed by atoms with Crippen LogP contribution in [0.1, 0.15) is 106 Å². The molecule has 2 fully saturated rings. The average molecular weight is 875 g/mol. The minimum atomic E-state index is -0.665. The Hall–Kier alpha value is -5.60. The molecule has 2 saturated heterocycles. The first-order chi connectivity index (χ1) is 31.1. The largest absolute Gasteiger partial charge is 0.493 e. The lowest BCUT2D eigenvalue weighted by Crippen LogP contribution is -2.23. The molecule has 7 heteroatoms. The van der Waals surface area contributed by atoms with Crippen LogP contribution in [-0.4, -0.2) is 63.1 Å². The quantitative estimate of drug-likeness (QED) is 0.0721. The van der Waals surface area contributed by atoms with Crippen LogP contribution in [0.2, 0.25) is 0 Å². The van der Waals surface area contributed by atoms with Crippen LogP contribution in [0.25, 0.3) is 0 Å². The van der Waals surface area contributed by atoms with Crippen LogP contribution in [-0.2, 0) is 31.1 Å². The van der Waals surface area contributed by atoms with Crippen molar-refractivity contribution in [3.05, 3.63) is 190 Å². The summed E-state index contributed by atoms with van der Waals surface area (Å²) in [6.07, 6.45) is 0.262. The molecule has 3 unspecified atom stereocenters. The summed E-state index contributed by atoms with van der Waals surface area (Å²) in [7, 11) is 0. The summed E-state index contributed by atoms with van der Waals surface area (Å²) in [5, 5.41) is 10.8. The van der Waals surface area contributed by atoms with Crippen molar-refractivity contribution in [2.24, 2.45) is 0 Å². The van der Waals surface area contributed by atoms with Gasteiger partial charge in [-0.3, -0.25) is 0 Å². The number of aliphatic hydroxyl groups is 1. The van der Waals surface area contributed by atoms with Gasteiger partial charge in [0.15, 0.2) is 0 Å². The Labute approximate surface area is 386 Å². The third-order valence-electron chi connectivity index (χ3n) is 13.8. The highest BCUT2D eigenvalue weighted by Crippen LogP contribution is 2.40. The predicted molar refractivity (Wildman–Crippen MR) is 259 cm³/mol. The van der Waals surface area contributed by atoms with Crippen LogP contribution in [0.5, 0.6) is 23.0 Å². The first-order valence-electron chi connectivity index (χ1n) is 23.2. The van der Waals surface area contributed by atoms with Gasteiger partial charge in [0.25, 0.3) is 0 Å². The number of epoxide rings is 2. The molecule has 0 amide bonds. The molecule has 0 aromatic heterocycles. The first-order valence-corrected chi connectivity index (χ1v) is 23.2. The molecule has 7 nitrogen and oxygen atoms in total. The highest BCUT2D eigenvalue weighted by molar-refractivity contribution is 5.48. The zero-order valence-electron chi connectivity index (χ0n) is 39.4. The van der Waals surface area contributed by atoms with E-state index in [4.69, 9.17) is 28.4 Å². The van der Waals surface area contributed by atoms with Crippen molar-refractivity contribution in [3.8, 4) is 23.0 Å². The van der Waals surface area contributed by atoms with Gasteiger partial charge < -0.3 is 33.5 Å². The Kier molecular flexibility index (Phi) is 13.5. The number of hydrogen-bond acceptors (Lipinski definition) is 7. The first kappa shape index (κ1) is 45.9. The standard InChI is InChI=1S/C58H66O7/c1-55(2,44-11-9-13-46(33-44)57(5,6)42-19-27-51(28-20-42)62-36-53-38-64-53)40-15-23-49(24-16-40)60-32-31-48(59)35-61-50-25-17-41(18-26-50)56(3,4)45-12-10-14-47(34-45)58(7,8)43-21-29-52(30-22-43)63-37-54-39-65-54/h9-30,33-34,48,53-54,59H,31-32,35-39H2,1-8H3. The van der Waals surface area contributed by atoms with Gasteiger partial charge in [-0.2, -0.15) is 0 Å². The number of hydrogen-bond donors (Lipinski definition) is 1. The monoisotopic (exact) mass is 874 g/mol. The van der Waals surface area contributed by atoms with Crippen molar-refractivity contribution in [1.29, 1.82) is 0 Å². The smallest absolute Gasteiger partial charge is 0.119 e. The highest BCUT2D eigenvalue weighted by atomic mass is 16.6. The van der Waals surface area contributed by atoms with Gasteiger partial charge in [-0.1, -0.05) is 152 Å². The Morgan fingerprint density at radius 2 is 0.723 bits per heavy atom. The van der Waals surface area contributed by atoms with E-state index < -0.39 is 6.10 Å². The lowest BCUT2D eigenvalue weighted by molar-refractivity contribution is 0.0857. The van der Waals surface area contributed by atoms with Gasteiger partial charge in [-0.05, 0) is 93.0 Å². The maximum absolute atomic E-state index is 10.8. The molecule has 65 heavy (non-hydrogen) atoms. The fourth-order valence-corrected chi connectivity index (χ4v) is 8.43. The van der Waals surface area contributed by atoms with E-state index in [2.05, 4.69) is 177 Å². The maximum Gasteiger partial charge on any atom is 0.119 e. The molecule has 0 bridgehead atoms. The van der Waals surface area contributed by atoms with E-state index >= 15 is 0 Å². The van der Waals surface area contributed by atoms with Crippen LogP contribution < -0.4 is 18.9 Å². The molecule has 8 rings (SSSR count). The lowest BCUT2D eigenvalue weighted by atomic mass is 9.73. The molecule has 2 aliphatic rings. The molecule has 3 atom stereocenters. The lowest BCUT2D eigenvalue weighted by Gasteiger charge is -2.31. The molecule has 2 heterocycles. The van der Waals surface area contributed by atoms with E-state index in [1.54, 1.807) is 0 Å². The molecule has 0 aliphatic carbocycles. The minimum absolute atomic E-state index is 0.185. The van der Waals surface area contributed by atoms with Gasteiger partial charge in [0.1, 0.15) is 55.0 Å². The Bertz CT molecular complexity index is 2480. The highest BCUT2D eigenvalue weighted by Gasteiger charge is 2.30. The van der Waals surface area contributed by atoms with Crippen LogP contribution in [0.3, 0.4) is 0 Å². The normalized spacial score (nSPS) is 16.7. The Balaban J connectivity index is 0.804. The summed E-state index contributed by atoms with van der Waals surface area (Å²) < 4.78 is 34.4. The van der Waals surface area contributed by atoms with Crippen LogP contribution in [0.4, 0.5) is 0 Å². The second-order valence-electron chi connectivity index (χ2n) is 19.9. The fraction of sp³-hybridized carbons (Fsp3) is 0.379. The zero-order chi connectivity index (χ0) is 45.8. The third kappa shape index (κ3) is 11.1. The SMILES string of the molecule is CC(C)(c1ccc(OCCC(O)COc2ccc(C(C)(C)c3cccc(C(C)(C)c4ccc(OCC5CO5)cc4)c3)cc2)cc1)c1cccc(C(C)(C)c2ccc(OCC3CO3)cc2)c1. The van der Waals surface area contributed by atoms with Gasteiger partial charge in [0.05, 0.1) is 25.9 Å². The van der Waals surface area contributed by atoms with Crippen molar-refractivity contribution in [2.45, 2.75) is 102 Å². The summed E-state index contributed by atoms with van der Waals surface area (Å²) in [4.78, 5) is 0. The minimum Gasteiger partial charge on any atom is -0.493 e. The molecule has 1 N–H and O–H groups in total. The number of aliphatic hydroxyl groups excluding tert-OH is 1. The maximum atomic E-state index is 10.8. The van der Waals surface area contributed by atoms with Gasteiger partial charge in [0.2, 0.25) is 0 Å². The van der Waals surface area contributed by atoms with Crippen molar-refractivity contribution < 1.29 is 33.5 Å². The summed E-state index contributed by atoms with van der Waals surface area (Å²) in [6, 6.07) is 51.3. The summed E-state index contributed by atoms with van der Waals surface area (Å²) in [5.74, 6) is 3.24. The molecule has 6 aromatic carbocycles. The number of ether oxygens (including phenoxy) is 6. The Morgan fingerprint density at radius 1 is 0.431 bits per heavy atom.